The first kappa shape index (κ1) is 14.7. The summed E-state index contributed by atoms with van der Waals surface area (Å²) in [5.74, 6) is 6.40. The summed E-state index contributed by atoms with van der Waals surface area (Å²) in [6.45, 7) is 0. The summed E-state index contributed by atoms with van der Waals surface area (Å²) in [4.78, 5) is 0. The van der Waals surface area contributed by atoms with Crippen LogP contribution in [0.4, 0.5) is 0 Å². The van der Waals surface area contributed by atoms with Crippen LogP contribution in [0.5, 0.6) is 11.5 Å². The standard InChI is InChI=1S/C15H13ClN4O/c16-10-5-7-11(8-6-10)21-14-4-2-1-3-12(14)15(18)13(9-17)20-19/h1-8,20H,18-19H2/b15-13-. The summed E-state index contributed by atoms with van der Waals surface area (Å²) in [6, 6.07) is 15.9. The molecule has 21 heavy (non-hydrogen) atoms. The topological polar surface area (TPSA) is 97.1 Å². The van der Waals surface area contributed by atoms with Crippen molar-refractivity contribution >= 4 is 17.3 Å². The second kappa shape index (κ2) is 6.66. The molecule has 0 aliphatic heterocycles. The smallest absolute Gasteiger partial charge is 0.151 e. The minimum absolute atomic E-state index is 0.0714. The van der Waals surface area contributed by atoms with Crippen molar-refractivity contribution < 1.29 is 4.74 Å². The van der Waals surface area contributed by atoms with E-state index in [-0.39, 0.29) is 11.4 Å². The van der Waals surface area contributed by atoms with E-state index < -0.39 is 0 Å². The van der Waals surface area contributed by atoms with Gasteiger partial charge in [-0.05, 0) is 36.4 Å². The summed E-state index contributed by atoms with van der Waals surface area (Å²) in [5.41, 5.74) is 9.08. The van der Waals surface area contributed by atoms with E-state index in [0.717, 1.165) is 0 Å². The first-order valence-corrected chi connectivity index (χ1v) is 6.42. The van der Waals surface area contributed by atoms with Crippen LogP contribution in [-0.4, -0.2) is 0 Å². The van der Waals surface area contributed by atoms with Crippen LogP contribution in [-0.2, 0) is 0 Å². The number of rotatable bonds is 4. The molecule has 6 heteroatoms. The normalized spacial score (nSPS) is 11.3. The Labute approximate surface area is 127 Å². The number of hydrogen-bond acceptors (Lipinski definition) is 5. The van der Waals surface area contributed by atoms with Gasteiger partial charge in [-0.3, -0.25) is 0 Å². The number of hydrazine groups is 1. The Bertz CT molecular complexity index is 704. The van der Waals surface area contributed by atoms with Crippen LogP contribution in [0.1, 0.15) is 5.56 Å². The number of benzene rings is 2. The highest BCUT2D eigenvalue weighted by molar-refractivity contribution is 6.30. The number of hydrogen-bond donors (Lipinski definition) is 3. The predicted molar refractivity (Wildman–Crippen MR) is 82.0 cm³/mol. The van der Waals surface area contributed by atoms with Crippen molar-refractivity contribution in [1.29, 1.82) is 5.26 Å². The van der Waals surface area contributed by atoms with Gasteiger partial charge in [-0.2, -0.15) is 5.26 Å². The van der Waals surface area contributed by atoms with E-state index >= 15 is 0 Å². The molecule has 0 amide bonds. The largest absolute Gasteiger partial charge is 0.457 e. The minimum atomic E-state index is 0.0714. The Morgan fingerprint density at radius 2 is 1.81 bits per heavy atom. The fourth-order valence-corrected chi connectivity index (χ4v) is 1.84. The molecule has 0 aromatic heterocycles. The number of nitrogens with two attached hydrogens (primary N) is 2. The van der Waals surface area contributed by atoms with Gasteiger partial charge in [0.15, 0.2) is 5.70 Å². The Hall–Kier alpha value is -2.68. The molecule has 0 heterocycles. The summed E-state index contributed by atoms with van der Waals surface area (Å²) in [6.07, 6.45) is 0. The van der Waals surface area contributed by atoms with Gasteiger partial charge in [0.1, 0.15) is 17.6 Å². The minimum Gasteiger partial charge on any atom is -0.457 e. The van der Waals surface area contributed by atoms with E-state index in [2.05, 4.69) is 5.43 Å². The molecule has 0 bridgehead atoms. The molecule has 5 N–H and O–H groups in total. The average Bonchev–Trinajstić information content (AvgIpc) is 2.51. The van der Waals surface area contributed by atoms with Crippen molar-refractivity contribution in [2.75, 3.05) is 0 Å². The molecule has 2 aromatic carbocycles. The number of allylic oxidation sites excluding steroid dienone is 1. The Morgan fingerprint density at radius 3 is 2.43 bits per heavy atom. The molecule has 0 atom stereocenters. The molecule has 106 valence electrons. The number of nitriles is 1. The summed E-state index contributed by atoms with van der Waals surface area (Å²) in [7, 11) is 0. The number of para-hydroxylation sites is 1. The first-order valence-electron chi connectivity index (χ1n) is 6.05. The zero-order valence-corrected chi connectivity index (χ0v) is 11.8. The van der Waals surface area contributed by atoms with Gasteiger partial charge >= 0.3 is 0 Å². The fourth-order valence-electron chi connectivity index (χ4n) is 1.71. The van der Waals surface area contributed by atoms with Crippen molar-refractivity contribution in [3.8, 4) is 17.6 Å². The van der Waals surface area contributed by atoms with E-state index in [1.807, 2.05) is 12.1 Å². The average molecular weight is 301 g/mol. The predicted octanol–water partition coefficient (Wildman–Crippen LogP) is 2.75. The van der Waals surface area contributed by atoms with Crippen molar-refractivity contribution in [2.24, 2.45) is 11.6 Å². The summed E-state index contributed by atoms with van der Waals surface area (Å²) < 4.78 is 5.77. The number of halogens is 1. The molecule has 0 fully saturated rings. The van der Waals surface area contributed by atoms with Gasteiger partial charge in [-0.1, -0.05) is 23.7 Å². The third kappa shape index (κ3) is 3.45. The van der Waals surface area contributed by atoms with Gasteiger partial charge in [-0.15, -0.1) is 0 Å². The van der Waals surface area contributed by atoms with E-state index in [1.165, 1.54) is 0 Å². The SMILES string of the molecule is N#C/C(NN)=C(/N)c1ccccc1Oc1ccc(Cl)cc1. The molecule has 0 spiro atoms. The molecular formula is C15H13ClN4O. The highest BCUT2D eigenvalue weighted by atomic mass is 35.5. The molecule has 0 saturated carbocycles. The molecule has 0 aliphatic carbocycles. The lowest BCUT2D eigenvalue weighted by Crippen LogP contribution is -2.23. The van der Waals surface area contributed by atoms with Crippen molar-refractivity contribution in [2.45, 2.75) is 0 Å². The number of nitrogens with zero attached hydrogens (tertiary/aromatic N) is 1. The van der Waals surface area contributed by atoms with Crippen LogP contribution in [0.25, 0.3) is 5.70 Å². The highest BCUT2D eigenvalue weighted by Crippen LogP contribution is 2.29. The quantitative estimate of drug-likeness (QED) is 0.458. The molecule has 0 radical (unpaired) electrons. The Morgan fingerprint density at radius 1 is 1.14 bits per heavy atom. The van der Waals surface area contributed by atoms with Crippen LogP contribution in [0, 0.1) is 11.3 Å². The maximum absolute atomic E-state index is 8.98. The maximum Gasteiger partial charge on any atom is 0.151 e. The third-order valence-corrected chi connectivity index (χ3v) is 3.00. The van der Waals surface area contributed by atoms with Crippen molar-refractivity contribution in [3.05, 3.63) is 64.8 Å². The van der Waals surface area contributed by atoms with Gasteiger partial charge in [0.05, 0.1) is 5.70 Å². The molecular weight excluding hydrogens is 288 g/mol. The monoisotopic (exact) mass is 300 g/mol. The van der Waals surface area contributed by atoms with Crippen molar-refractivity contribution in [1.82, 2.24) is 5.43 Å². The third-order valence-electron chi connectivity index (χ3n) is 2.74. The lowest BCUT2D eigenvalue weighted by molar-refractivity contribution is 0.481. The van der Waals surface area contributed by atoms with E-state index in [9.17, 15) is 0 Å². The molecule has 2 aromatic rings. The number of ether oxygens (including phenoxy) is 1. The second-order valence-corrected chi connectivity index (χ2v) is 4.53. The molecule has 0 unspecified atom stereocenters. The van der Waals surface area contributed by atoms with Crippen LogP contribution >= 0.6 is 11.6 Å². The molecule has 0 saturated heterocycles. The van der Waals surface area contributed by atoms with Crippen LogP contribution in [0.3, 0.4) is 0 Å². The van der Waals surface area contributed by atoms with Crippen LogP contribution in [0.15, 0.2) is 54.2 Å². The van der Waals surface area contributed by atoms with Gasteiger partial charge in [-0.25, -0.2) is 5.84 Å². The van der Waals surface area contributed by atoms with E-state index in [1.54, 1.807) is 42.5 Å². The fraction of sp³-hybridized carbons (Fsp3) is 0. The van der Waals surface area contributed by atoms with Gasteiger partial charge in [0, 0.05) is 10.6 Å². The maximum atomic E-state index is 8.98. The van der Waals surface area contributed by atoms with E-state index in [0.29, 0.717) is 22.1 Å². The molecule has 2 rings (SSSR count). The van der Waals surface area contributed by atoms with Gasteiger partial charge < -0.3 is 15.9 Å². The zero-order valence-electron chi connectivity index (χ0n) is 11.0. The van der Waals surface area contributed by atoms with Gasteiger partial charge in [0.25, 0.3) is 0 Å². The Kier molecular flexibility index (Phi) is 4.67. The van der Waals surface area contributed by atoms with Crippen molar-refractivity contribution in [3.63, 3.8) is 0 Å². The van der Waals surface area contributed by atoms with Gasteiger partial charge in [0.2, 0.25) is 0 Å². The van der Waals surface area contributed by atoms with Crippen LogP contribution < -0.4 is 21.7 Å². The Balaban J connectivity index is 2.40. The first-order chi connectivity index (χ1) is 10.2. The zero-order chi connectivity index (χ0) is 15.2. The number of nitrogens with one attached hydrogen (secondary N) is 1. The summed E-state index contributed by atoms with van der Waals surface area (Å²) in [5, 5.41) is 9.60. The summed E-state index contributed by atoms with van der Waals surface area (Å²) >= 11 is 5.83. The lowest BCUT2D eigenvalue weighted by Gasteiger charge is -2.12. The highest BCUT2D eigenvalue weighted by Gasteiger charge is 2.11. The lowest BCUT2D eigenvalue weighted by atomic mass is 10.1. The molecule has 5 nitrogen and oxygen atoms in total. The molecule has 0 aliphatic rings. The second-order valence-electron chi connectivity index (χ2n) is 4.10. The van der Waals surface area contributed by atoms with Crippen LogP contribution in [0.2, 0.25) is 5.02 Å². The van der Waals surface area contributed by atoms with E-state index in [4.69, 9.17) is 33.2 Å².